The van der Waals surface area contributed by atoms with Gasteiger partial charge in [0.15, 0.2) is 9.84 Å². The van der Waals surface area contributed by atoms with Crippen LogP contribution in [-0.4, -0.2) is 20.5 Å². The minimum absolute atomic E-state index is 0.118. The standard InChI is InChI=1S/C15H16O3S/c1-10(11(2)16)12-4-5-14-9-15(19(3,17)18)7-6-13(14)8-12/h4-10H,1-3H3. The Hall–Kier alpha value is -1.68. The first-order valence-electron chi connectivity index (χ1n) is 6.03. The molecule has 2 aromatic rings. The summed E-state index contributed by atoms with van der Waals surface area (Å²) in [5, 5.41) is 1.81. The molecule has 100 valence electrons. The van der Waals surface area contributed by atoms with Crippen LogP contribution in [0, 0.1) is 0 Å². The van der Waals surface area contributed by atoms with Crippen molar-refractivity contribution in [2.24, 2.45) is 0 Å². The van der Waals surface area contributed by atoms with Gasteiger partial charge in [-0.25, -0.2) is 8.42 Å². The zero-order valence-corrected chi connectivity index (χ0v) is 12.0. The highest BCUT2D eigenvalue weighted by molar-refractivity contribution is 7.90. The quantitative estimate of drug-likeness (QED) is 0.866. The van der Waals surface area contributed by atoms with Gasteiger partial charge in [-0.2, -0.15) is 0 Å². The number of hydrogen-bond donors (Lipinski definition) is 0. The van der Waals surface area contributed by atoms with Crippen LogP contribution in [0.3, 0.4) is 0 Å². The smallest absolute Gasteiger partial charge is 0.175 e. The maximum Gasteiger partial charge on any atom is 0.175 e. The maximum atomic E-state index is 11.5. The average molecular weight is 276 g/mol. The van der Waals surface area contributed by atoms with Gasteiger partial charge < -0.3 is 0 Å². The van der Waals surface area contributed by atoms with Gasteiger partial charge >= 0.3 is 0 Å². The number of sulfone groups is 1. The molecule has 2 aromatic carbocycles. The number of rotatable bonds is 3. The molecule has 0 radical (unpaired) electrons. The molecule has 4 heteroatoms. The van der Waals surface area contributed by atoms with Gasteiger partial charge in [-0.15, -0.1) is 0 Å². The van der Waals surface area contributed by atoms with E-state index >= 15 is 0 Å². The van der Waals surface area contributed by atoms with Gasteiger partial charge in [0.05, 0.1) is 4.90 Å². The zero-order chi connectivity index (χ0) is 14.2. The lowest BCUT2D eigenvalue weighted by Crippen LogP contribution is -2.04. The van der Waals surface area contributed by atoms with E-state index in [-0.39, 0.29) is 11.7 Å². The zero-order valence-electron chi connectivity index (χ0n) is 11.2. The molecule has 0 aliphatic rings. The van der Waals surface area contributed by atoms with Gasteiger partial charge in [0, 0.05) is 12.2 Å². The molecular formula is C15H16O3S. The van der Waals surface area contributed by atoms with Gasteiger partial charge in [0.1, 0.15) is 5.78 Å². The molecule has 2 rings (SSSR count). The van der Waals surface area contributed by atoms with Crippen LogP contribution < -0.4 is 0 Å². The number of ketones is 1. The number of carbonyl (C=O) groups is 1. The summed E-state index contributed by atoms with van der Waals surface area (Å²) < 4.78 is 23.0. The summed E-state index contributed by atoms with van der Waals surface area (Å²) in [4.78, 5) is 11.7. The summed E-state index contributed by atoms with van der Waals surface area (Å²) in [6.07, 6.45) is 1.19. The van der Waals surface area contributed by atoms with E-state index < -0.39 is 9.84 Å². The second-order valence-corrected chi connectivity index (χ2v) is 6.89. The summed E-state index contributed by atoms with van der Waals surface area (Å²) in [6, 6.07) is 10.7. The summed E-state index contributed by atoms with van der Waals surface area (Å²) in [5.41, 5.74) is 0.951. The van der Waals surface area contributed by atoms with Crippen LogP contribution in [0.4, 0.5) is 0 Å². The van der Waals surface area contributed by atoms with Crippen LogP contribution in [0.25, 0.3) is 10.8 Å². The second-order valence-electron chi connectivity index (χ2n) is 4.87. The molecule has 0 saturated heterocycles. The number of fused-ring (bicyclic) bond motifs is 1. The van der Waals surface area contributed by atoms with Crippen molar-refractivity contribution >= 4 is 26.4 Å². The Morgan fingerprint density at radius 3 is 2.21 bits per heavy atom. The first kappa shape index (κ1) is 13.7. The monoisotopic (exact) mass is 276 g/mol. The fourth-order valence-electron chi connectivity index (χ4n) is 1.98. The van der Waals surface area contributed by atoms with E-state index in [1.54, 1.807) is 25.1 Å². The third kappa shape index (κ3) is 2.84. The molecular weight excluding hydrogens is 260 g/mol. The number of hydrogen-bond acceptors (Lipinski definition) is 3. The van der Waals surface area contributed by atoms with Crippen molar-refractivity contribution in [3.05, 3.63) is 42.0 Å². The first-order valence-corrected chi connectivity index (χ1v) is 7.92. The minimum Gasteiger partial charge on any atom is -0.299 e. The summed E-state index contributed by atoms with van der Waals surface area (Å²) in [7, 11) is -3.19. The lowest BCUT2D eigenvalue weighted by atomic mass is 9.95. The third-order valence-electron chi connectivity index (χ3n) is 3.37. The third-order valence-corrected chi connectivity index (χ3v) is 4.48. The topological polar surface area (TPSA) is 51.2 Å². The predicted molar refractivity (Wildman–Crippen MR) is 76.2 cm³/mol. The predicted octanol–water partition coefficient (Wildman–Crippen LogP) is 2.94. The molecule has 0 spiro atoms. The lowest BCUT2D eigenvalue weighted by molar-refractivity contribution is -0.118. The molecule has 0 aliphatic heterocycles. The van der Waals surface area contributed by atoms with Crippen LogP contribution in [0.2, 0.25) is 0 Å². The van der Waals surface area contributed by atoms with Crippen LogP contribution in [0.15, 0.2) is 41.3 Å². The molecule has 19 heavy (non-hydrogen) atoms. The van der Waals surface area contributed by atoms with Gasteiger partial charge in [0.2, 0.25) is 0 Å². The summed E-state index contributed by atoms with van der Waals surface area (Å²) in [5.74, 6) is -0.0221. The molecule has 0 saturated carbocycles. The summed E-state index contributed by atoms with van der Waals surface area (Å²) >= 11 is 0. The Morgan fingerprint density at radius 2 is 1.63 bits per heavy atom. The maximum absolute atomic E-state index is 11.5. The normalized spacial score (nSPS) is 13.4. The Kier molecular flexibility index (Phi) is 3.45. The number of benzene rings is 2. The first-order chi connectivity index (χ1) is 8.79. The summed E-state index contributed by atoms with van der Waals surface area (Å²) in [6.45, 7) is 3.44. The SMILES string of the molecule is CC(=O)C(C)c1ccc2cc(S(C)(=O)=O)ccc2c1. The second kappa shape index (κ2) is 4.78. The molecule has 0 fully saturated rings. The van der Waals surface area contributed by atoms with E-state index in [0.29, 0.717) is 4.90 Å². The van der Waals surface area contributed by atoms with Crippen molar-refractivity contribution in [3.63, 3.8) is 0 Å². The van der Waals surface area contributed by atoms with E-state index in [1.807, 2.05) is 25.1 Å². The van der Waals surface area contributed by atoms with E-state index in [0.717, 1.165) is 16.3 Å². The highest BCUT2D eigenvalue weighted by Crippen LogP contribution is 2.24. The lowest BCUT2D eigenvalue weighted by Gasteiger charge is -2.09. The van der Waals surface area contributed by atoms with Gasteiger partial charge in [0.25, 0.3) is 0 Å². The molecule has 1 unspecified atom stereocenters. The van der Waals surface area contributed by atoms with E-state index in [4.69, 9.17) is 0 Å². The Labute approximate surface area is 113 Å². The highest BCUT2D eigenvalue weighted by atomic mass is 32.2. The van der Waals surface area contributed by atoms with Crippen molar-refractivity contribution in [1.82, 2.24) is 0 Å². The van der Waals surface area contributed by atoms with Crippen molar-refractivity contribution in [2.45, 2.75) is 24.7 Å². The Balaban J connectivity index is 2.55. The fourth-order valence-corrected chi connectivity index (χ4v) is 2.63. The number of Topliss-reactive ketones (excluding diaryl/α,β-unsaturated/α-hetero) is 1. The molecule has 1 atom stereocenters. The van der Waals surface area contributed by atoms with Crippen LogP contribution in [0.1, 0.15) is 25.3 Å². The average Bonchev–Trinajstić information content (AvgIpc) is 2.35. The van der Waals surface area contributed by atoms with Crippen LogP contribution >= 0.6 is 0 Å². The van der Waals surface area contributed by atoms with Crippen LogP contribution in [-0.2, 0) is 14.6 Å². The van der Waals surface area contributed by atoms with E-state index in [2.05, 4.69) is 0 Å². The largest absolute Gasteiger partial charge is 0.299 e. The molecule has 0 N–H and O–H groups in total. The van der Waals surface area contributed by atoms with E-state index in [1.165, 1.54) is 6.26 Å². The molecule has 3 nitrogen and oxygen atoms in total. The molecule has 0 heterocycles. The fraction of sp³-hybridized carbons (Fsp3) is 0.267. The molecule has 0 amide bonds. The van der Waals surface area contributed by atoms with Crippen molar-refractivity contribution in [2.75, 3.05) is 6.26 Å². The van der Waals surface area contributed by atoms with Crippen molar-refractivity contribution in [3.8, 4) is 0 Å². The van der Waals surface area contributed by atoms with Gasteiger partial charge in [-0.1, -0.05) is 31.2 Å². The molecule has 0 aromatic heterocycles. The number of carbonyl (C=O) groups excluding carboxylic acids is 1. The highest BCUT2D eigenvalue weighted by Gasteiger charge is 2.12. The van der Waals surface area contributed by atoms with Crippen LogP contribution in [0.5, 0.6) is 0 Å². The van der Waals surface area contributed by atoms with E-state index in [9.17, 15) is 13.2 Å². The minimum atomic E-state index is -3.19. The Bertz CT molecular complexity index is 745. The van der Waals surface area contributed by atoms with Crippen molar-refractivity contribution < 1.29 is 13.2 Å². The van der Waals surface area contributed by atoms with Gasteiger partial charge in [-0.3, -0.25) is 4.79 Å². The van der Waals surface area contributed by atoms with Crippen molar-refractivity contribution in [1.29, 1.82) is 0 Å². The molecule has 0 aliphatic carbocycles. The van der Waals surface area contributed by atoms with Gasteiger partial charge in [-0.05, 0) is 35.4 Å². The Morgan fingerprint density at radius 1 is 1.05 bits per heavy atom. The molecule has 0 bridgehead atoms.